The fourth-order valence-electron chi connectivity index (χ4n) is 1.44. The van der Waals surface area contributed by atoms with Gasteiger partial charge in [0, 0.05) is 66.6 Å². The molecule has 0 unspecified atom stereocenters. The van der Waals surface area contributed by atoms with Gasteiger partial charge in [-0.2, -0.15) is 0 Å². The van der Waals surface area contributed by atoms with Crippen molar-refractivity contribution in [2.75, 3.05) is 39.3 Å². The number of carboxylic acid groups (broad SMARTS) is 4. The Morgan fingerprint density at radius 2 is 0.739 bits per heavy atom. The van der Waals surface area contributed by atoms with Gasteiger partial charge in [0.15, 0.2) is 0 Å². The molecule has 0 aliphatic heterocycles. The predicted octanol–water partition coefficient (Wildman–Crippen LogP) is -13.8. The van der Waals surface area contributed by atoms with E-state index < -0.39 is 50.1 Å². The van der Waals surface area contributed by atoms with Crippen molar-refractivity contribution in [2.24, 2.45) is 0 Å². The van der Waals surface area contributed by atoms with Crippen LogP contribution < -0.4 is 79.5 Å². The smallest absolute Gasteiger partial charge is 0.549 e. The van der Waals surface area contributed by atoms with Crippen molar-refractivity contribution >= 4 is 51.2 Å². The maximum absolute atomic E-state index is 10.4. The van der Waals surface area contributed by atoms with Crippen molar-refractivity contribution < 1.29 is 98.7 Å². The maximum Gasteiger partial charge on any atom is 1.00 e. The molecule has 10 nitrogen and oxygen atoms in total. The van der Waals surface area contributed by atoms with Crippen LogP contribution in [0.4, 0.5) is 0 Å². The van der Waals surface area contributed by atoms with Gasteiger partial charge in [0.2, 0.25) is 0 Å². The molecule has 0 bridgehead atoms. The van der Waals surface area contributed by atoms with Crippen molar-refractivity contribution in [1.29, 1.82) is 0 Å². The number of carboxylic acids is 4. The quantitative estimate of drug-likeness (QED) is 0.229. The summed E-state index contributed by atoms with van der Waals surface area (Å²) in [5, 5.41) is 41.6. The van der Waals surface area contributed by atoms with E-state index in [1.165, 1.54) is 0 Å². The molecule has 0 saturated heterocycles. The number of carbonyl (C=O) groups is 4. The number of carbonyl (C=O) groups excluding carboxylic acids is 4. The van der Waals surface area contributed by atoms with Gasteiger partial charge in [-0.05, 0) is 0 Å². The molecule has 0 fully saturated rings. The molecular formula is C10H12N2Na2O8Pb-2. The van der Waals surface area contributed by atoms with E-state index in [2.05, 4.69) is 0 Å². The Hall–Kier alpha value is 0.722. The largest absolute Gasteiger partial charge is 1.00 e. The third-order valence-corrected chi connectivity index (χ3v) is 2.14. The Morgan fingerprint density at radius 3 is 0.870 bits per heavy atom. The summed E-state index contributed by atoms with van der Waals surface area (Å²) in [6.07, 6.45) is 0. The summed E-state index contributed by atoms with van der Waals surface area (Å²) in [6.45, 7) is -3.25. The van der Waals surface area contributed by atoms with Gasteiger partial charge in [0.25, 0.3) is 0 Å². The van der Waals surface area contributed by atoms with Crippen molar-refractivity contribution in [1.82, 2.24) is 9.80 Å². The third-order valence-electron chi connectivity index (χ3n) is 2.14. The number of hydrogen-bond acceptors (Lipinski definition) is 10. The standard InChI is InChI=1S/C10H16N2O8.2Na.Pb/c13-7(14)3-11(4-8(15)16)1-2-12(5-9(17)18)6-10(19)20;;;/h1-6H2,(H,13,14)(H,15,16)(H,17,18)(H,19,20);;;/q;2*+1;/p-4. The molecule has 0 aliphatic rings. The van der Waals surface area contributed by atoms with E-state index in [1.807, 2.05) is 0 Å². The molecule has 0 heterocycles. The van der Waals surface area contributed by atoms with E-state index in [0.29, 0.717) is 0 Å². The third kappa shape index (κ3) is 20.7. The molecule has 0 rings (SSSR count). The molecule has 0 N–H and O–H groups in total. The molecule has 23 heavy (non-hydrogen) atoms. The number of rotatable bonds is 11. The first-order chi connectivity index (χ1) is 9.20. The molecule has 0 atom stereocenters. The van der Waals surface area contributed by atoms with Gasteiger partial charge in [-0.25, -0.2) is 0 Å². The summed E-state index contributed by atoms with van der Waals surface area (Å²) >= 11 is 0. The summed E-state index contributed by atoms with van der Waals surface area (Å²) in [5.41, 5.74) is 0. The first-order valence-electron chi connectivity index (χ1n) is 5.44. The van der Waals surface area contributed by atoms with Crippen LogP contribution in [0.1, 0.15) is 0 Å². The van der Waals surface area contributed by atoms with Gasteiger partial charge < -0.3 is 39.6 Å². The first-order valence-corrected chi connectivity index (χ1v) is 5.44. The molecule has 0 amide bonds. The molecule has 118 valence electrons. The minimum absolute atomic E-state index is 0. The second-order valence-corrected chi connectivity index (χ2v) is 3.91. The fourth-order valence-corrected chi connectivity index (χ4v) is 1.44. The van der Waals surface area contributed by atoms with Gasteiger partial charge in [-0.3, -0.25) is 9.80 Å². The number of aliphatic carboxylic acids is 4. The van der Waals surface area contributed by atoms with Crippen molar-refractivity contribution in [2.45, 2.75) is 0 Å². The van der Waals surface area contributed by atoms with Crippen molar-refractivity contribution in [3.8, 4) is 0 Å². The first kappa shape index (κ1) is 31.5. The van der Waals surface area contributed by atoms with Crippen molar-refractivity contribution in [3.05, 3.63) is 0 Å². The van der Waals surface area contributed by atoms with Crippen LogP contribution in [0.15, 0.2) is 0 Å². The zero-order valence-corrected chi connectivity index (χ0v) is 20.8. The molecule has 0 aromatic carbocycles. The molecule has 13 heteroatoms. The summed E-state index contributed by atoms with van der Waals surface area (Å²) in [4.78, 5) is 43.4. The van der Waals surface area contributed by atoms with Gasteiger partial charge in [-0.15, -0.1) is 0 Å². The molecule has 0 aromatic rings. The monoisotopic (exact) mass is 542 g/mol. The van der Waals surface area contributed by atoms with Crippen molar-refractivity contribution in [3.63, 3.8) is 0 Å². The SMILES string of the molecule is O=C([O-])CN(CCN(CC(=O)[O-])CC(=O)[O-])CC(=O)[O-].[Na+].[Na+].[Pb]. The fraction of sp³-hybridized carbons (Fsp3) is 0.600. The molecular weight excluding hydrogens is 529 g/mol. The molecule has 4 radical (unpaired) electrons. The van der Waals surface area contributed by atoms with Gasteiger partial charge >= 0.3 is 59.1 Å². The van der Waals surface area contributed by atoms with Crippen LogP contribution in [0.25, 0.3) is 0 Å². The average molecular weight is 541 g/mol. The van der Waals surface area contributed by atoms with Gasteiger partial charge in [0.05, 0.1) is 23.9 Å². The summed E-state index contributed by atoms with van der Waals surface area (Å²) < 4.78 is 0. The normalized spacial score (nSPS) is 9.30. The Kier molecular flexibility index (Phi) is 24.0. The molecule has 0 spiro atoms. The molecule has 0 saturated carbocycles. The Morgan fingerprint density at radius 1 is 0.565 bits per heavy atom. The van der Waals surface area contributed by atoms with Crippen LogP contribution in [0.5, 0.6) is 0 Å². The van der Waals surface area contributed by atoms with Gasteiger partial charge in [0.1, 0.15) is 0 Å². The van der Waals surface area contributed by atoms with E-state index in [4.69, 9.17) is 0 Å². The second-order valence-electron chi connectivity index (χ2n) is 3.91. The van der Waals surface area contributed by atoms with E-state index in [0.717, 1.165) is 9.80 Å². The summed E-state index contributed by atoms with van der Waals surface area (Å²) in [6, 6.07) is 0. The minimum Gasteiger partial charge on any atom is -0.549 e. The van der Waals surface area contributed by atoms with E-state index in [-0.39, 0.29) is 99.5 Å². The number of hydrogen-bond donors (Lipinski definition) is 0. The van der Waals surface area contributed by atoms with Crippen LogP contribution in [-0.2, 0) is 19.2 Å². The summed E-state index contributed by atoms with van der Waals surface area (Å²) in [5.74, 6) is -6.12. The van der Waals surface area contributed by atoms with Gasteiger partial charge in [-0.1, -0.05) is 0 Å². The predicted molar refractivity (Wildman–Crippen MR) is 58.7 cm³/mol. The number of nitrogens with zero attached hydrogens (tertiary/aromatic N) is 2. The second kappa shape index (κ2) is 17.5. The molecule has 0 aromatic heterocycles. The Labute approximate surface area is 196 Å². The summed E-state index contributed by atoms with van der Waals surface area (Å²) in [7, 11) is 0. The van der Waals surface area contributed by atoms with E-state index in [9.17, 15) is 39.6 Å². The van der Waals surface area contributed by atoms with Crippen LogP contribution in [0, 0.1) is 0 Å². The van der Waals surface area contributed by atoms with Crippen LogP contribution in [0.2, 0.25) is 0 Å². The van der Waals surface area contributed by atoms with Crippen LogP contribution in [0.3, 0.4) is 0 Å². The van der Waals surface area contributed by atoms with E-state index >= 15 is 0 Å². The van der Waals surface area contributed by atoms with Crippen LogP contribution >= 0.6 is 0 Å². The topological polar surface area (TPSA) is 167 Å². The Bertz CT molecular complexity index is 331. The zero-order chi connectivity index (χ0) is 15.7. The average Bonchev–Trinajstić information content (AvgIpc) is 2.22. The van der Waals surface area contributed by atoms with Crippen LogP contribution in [-0.4, -0.2) is 100 Å². The van der Waals surface area contributed by atoms with E-state index in [1.54, 1.807) is 0 Å². The zero-order valence-electron chi connectivity index (χ0n) is 12.9. The molecule has 0 aliphatic carbocycles. The maximum atomic E-state index is 10.4. The minimum atomic E-state index is -1.53. The Balaban J connectivity index is -0.000000602.